The van der Waals surface area contributed by atoms with Crippen molar-refractivity contribution in [3.8, 4) is 10.8 Å². The molecule has 2 heterocycles. The van der Waals surface area contributed by atoms with E-state index in [4.69, 9.17) is 9.52 Å². The minimum atomic E-state index is 0.213. The van der Waals surface area contributed by atoms with Crippen LogP contribution < -0.4 is 5.32 Å². The molecule has 0 amide bonds. The number of nitrogens with zero attached hydrogens (tertiary/aromatic N) is 1. The number of benzene rings is 1. The Morgan fingerprint density at radius 2 is 2.04 bits per heavy atom. The molecular weight excluding hydrogens is 308 g/mol. The summed E-state index contributed by atoms with van der Waals surface area (Å²) in [6.45, 7) is 0.909. The molecule has 120 valence electrons. The van der Waals surface area contributed by atoms with Crippen LogP contribution in [-0.4, -0.2) is 16.7 Å². The first-order valence-electron chi connectivity index (χ1n) is 7.74. The first kappa shape index (κ1) is 15.9. The second kappa shape index (κ2) is 8.06. The summed E-state index contributed by atoms with van der Waals surface area (Å²) < 4.78 is 5.38. The van der Waals surface area contributed by atoms with Gasteiger partial charge in [-0.25, -0.2) is 4.98 Å². The number of hydrogen-bond acceptors (Lipinski definition) is 5. The van der Waals surface area contributed by atoms with E-state index < -0.39 is 0 Å². The molecule has 2 N–H and O–H groups in total. The van der Waals surface area contributed by atoms with Crippen molar-refractivity contribution in [2.24, 2.45) is 0 Å². The van der Waals surface area contributed by atoms with Gasteiger partial charge in [-0.15, -0.1) is 11.3 Å². The molecule has 4 nitrogen and oxygen atoms in total. The summed E-state index contributed by atoms with van der Waals surface area (Å²) in [5.74, 6) is 0.807. The summed E-state index contributed by atoms with van der Waals surface area (Å²) in [5.41, 5.74) is 2.24. The molecule has 0 bridgehead atoms. The molecule has 2 aromatic heterocycles. The molecule has 0 fully saturated rings. The van der Waals surface area contributed by atoms with Gasteiger partial charge in [-0.1, -0.05) is 30.3 Å². The second-order valence-corrected chi connectivity index (χ2v) is 6.19. The van der Waals surface area contributed by atoms with Gasteiger partial charge in [-0.2, -0.15) is 0 Å². The Balaban J connectivity index is 1.64. The van der Waals surface area contributed by atoms with Gasteiger partial charge in [0.05, 0.1) is 12.0 Å². The van der Waals surface area contributed by atoms with E-state index >= 15 is 0 Å². The smallest absolute Gasteiger partial charge is 0.162 e. The summed E-state index contributed by atoms with van der Waals surface area (Å²) in [7, 11) is 0. The van der Waals surface area contributed by atoms with E-state index in [0.29, 0.717) is 6.54 Å². The van der Waals surface area contributed by atoms with Gasteiger partial charge in [-0.05, 0) is 30.5 Å². The third-order valence-electron chi connectivity index (χ3n) is 3.67. The summed E-state index contributed by atoms with van der Waals surface area (Å²) in [6, 6.07) is 14.3. The first-order valence-corrected chi connectivity index (χ1v) is 8.62. The maximum Gasteiger partial charge on any atom is 0.162 e. The fourth-order valence-electron chi connectivity index (χ4n) is 2.50. The first-order chi connectivity index (χ1) is 11.4. The molecule has 0 saturated heterocycles. The van der Waals surface area contributed by atoms with E-state index in [1.807, 2.05) is 30.3 Å². The van der Waals surface area contributed by atoms with E-state index in [0.717, 1.165) is 29.3 Å². The molecule has 3 aromatic rings. The van der Waals surface area contributed by atoms with Crippen LogP contribution in [-0.2, 0) is 6.54 Å². The Morgan fingerprint density at radius 3 is 2.78 bits per heavy atom. The van der Waals surface area contributed by atoms with E-state index in [2.05, 4.69) is 27.8 Å². The van der Waals surface area contributed by atoms with Crippen LogP contribution in [0, 0.1) is 0 Å². The highest BCUT2D eigenvalue weighted by Crippen LogP contribution is 2.25. The summed E-state index contributed by atoms with van der Waals surface area (Å²) in [5, 5.41) is 15.6. The van der Waals surface area contributed by atoms with Crippen LogP contribution in [0.25, 0.3) is 10.8 Å². The zero-order valence-electron chi connectivity index (χ0n) is 12.8. The number of rotatable bonds is 8. The fourth-order valence-corrected chi connectivity index (χ4v) is 3.28. The van der Waals surface area contributed by atoms with Gasteiger partial charge in [0.2, 0.25) is 0 Å². The Kier molecular flexibility index (Phi) is 5.58. The summed E-state index contributed by atoms with van der Waals surface area (Å²) in [4.78, 5) is 4.61. The summed E-state index contributed by atoms with van der Waals surface area (Å²) >= 11 is 1.59. The molecule has 0 aliphatic heterocycles. The number of hydrogen-bond donors (Lipinski definition) is 2. The number of thiazole rings is 1. The quantitative estimate of drug-likeness (QED) is 0.656. The van der Waals surface area contributed by atoms with E-state index in [-0.39, 0.29) is 12.6 Å². The lowest BCUT2D eigenvalue weighted by atomic mass is 10.0. The van der Waals surface area contributed by atoms with Crippen LogP contribution >= 0.6 is 11.3 Å². The molecule has 3 rings (SSSR count). The molecule has 0 spiro atoms. The predicted molar refractivity (Wildman–Crippen MR) is 92.2 cm³/mol. The topological polar surface area (TPSA) is 58.3 Å². The zero-order valence-corrected chi connectivity index (χ0v) is 13.6. The number of aliphatic hydroxyl groups excluding tert-OH is 1. The van der Waals surface area contributed by atoms with Crippen LogP contribution in [0.15, 0.2) is 58.5 Å². The van der Waals surface area contributed by atoms with Gasteiger partial charge in [0.1, 0.15) is 0 Å². The minimum absolute atomic E-state index is 0.213. The standard InChI is InChI=1S/C18H20N2O2S/c21-10-4-8-16(14-6-2-1-3-7-14)19-12-15-13-23-18(20-15)17-9-5-11-22-17/h1-3,5-7,9,11,13,16,19,21H,4,8,10,12H2. The fraction of sp³-hybridized carbons (Fsp3) is 0.278. The van der Waals surface area contributed by atoms with Crippen LogP contribution in [0.5, 0.6) is 0 Å². The van der Waals surface area contributed by atoms with Crippen molar-refractivity contribution < 1.29 is 9.52 Å². The van der Waals surface area contributed by atoms with Gasteiger partial charge >= 0.3 is 0 Å². The Hall–Kier alpha value is -1.95. The Morgan fingerprint density at radius 1 is 1.17 bits per heavy atom. The van der Waals surface area contributed by atoms with Gasteiger partial charge in [-0.3, -0.25) is 0 Å². The average molecular weight is 328 g/mol. The predicted octanol–water partition coefficient (Wildman–Crippen LogP) is 4.01. The van der Waals surface area contributed by atoms with Crippen molar-refractivity contribution in [2.45, 2.75) is 25.4 Å². The van der Waals surface area contributed by atoms with Gasteiger partial charge in [0, 0.05) is 24.6 Å². The average Bonchev–Trinajstić information content (AvgIpc) is 3.27. The van der Waals surface area contributed by atoms with E-state index in [9.17, 15) is 0 Å². The largest absolute Gasteiger partial charge is 0.462 e. The van der Waals surface area contributed by atoms with Crippen molar-refractivity contribution in [3.05, 3.63) is 65.4 Å². The van der Waals surface area contributed by atoms with Crippen molar-refractivity contribution in [1.82, 2.24) is 10.3 Å². The molecule has 23 heavy (non-hydrogen) atoms. The highest BCUT2D eigenvalue weighted by atomic mass is 32.1. The van der Waals surface area contributed by atoms with Crippen molar-refractivity contribution in [2.75, 3.05) is 6.61 Å². The Bertz CT molecular complexity index is 695. The lowest BCUT2D eigenvalue weighted by Crippen LogP contribution is -2.21. The van der Waals surface area contributed by atoms with Crippen LogP contribution in [0.1, 0.15) is 30.1 Å². The Labute approximate surface area is 139 Å². The molecule has 0 radical (unpaired) electrons. The normalized spacial score (nSPS) is 12.4. The molecule has 1 aromatic carbocycles. The molecule has 5 heteroatoms. The molecule has 0 aliphatic carbocycles. The number of aliphatic hydroxyl groups is 1. The van der Waals surface area contributed by atoms with Crippen LogP contribution in [0.2, 0.25) is 0 Å². The molecule has 1 atom stereocenters. The van der Waals surface area contributed by atoms with Gasteiger partial charge < -0.3 is 14.8 Å². The SMILES string of the molecule is OCCCC(NCc1csc(-c2ccco2)n1)c1ccccc1. The lowest BCUT2D eigenvalue weighted by molar-refractivity contribution is 0.275. The third kappa shape index (κ3) is 4.28. The second-order valence-electron chi connectivity index (χ2n) is 5.33. The molecule has 0 aliphatic rings. The number of furan rings is 1. The number of nitrogens with one attached hydrogen (secondary N) is 1. The van der Waals surface area contributed by atoms with E-state index in [1.165, 1.54) is 5.56 Å². The van der Waals surface area contributed by atoms with Crippen molar-refractivity contribution in [3.63, 3.8) is 0 Å². The molecule has 0 saturated carbocycles. The van der Waals surface area contributed by atoms with Crippen LogP contribution in [0.3, 0.4) is 0 Å². The maximum atomic E-state index is 9.11. The molecular formula is C18H20N2O2S. The van der Waals surface area contributed by atoms with Gasteiger partial charge in [0.15, 0.2) is 10.8 Å². The van der Waals surface area contributed by atoms with E-state index in [1.54, 1.807) is 17.6 Å². The minimum Gasteiger partial charge on any atom is -0.462 e. The number of aromatic nitrogens is 1. The molecule has 1 unspecified atom stereocenters. The highest BCUT2D eigenvalue weighted by Gasteiger charge is 2.12. The van der Waals surface area contributed by atoms with Crippen LogP contribution in [0.4, 0.5) is 0 Å². The third-order valence-corrected chi connectivity index (χ3v) is 4.57. The maximum absolute atomic E-state index is 9.11. The van der Waals surface area contributed by atoms with Crippen molar-refractivity contribution >= 4 is 11.3 Å². The highest BCUT2D eigenvalue weighted by molar-refractivity contribution is 7.13. The monoisotopic (exact) mass is 328 g/mol. The zero-order chi connectivity index (χ0) is 15.9. The van der Waals surface area contributed by atoms with Crippen molar-refractivity contribution in [1.29, 1.82) is 0 Å². The van der Waals surface area contributed by atoms with Gasteiger partial charge in [0.25, 0.3) is 0 Å². The lowest BCUT2D eigenvalue weighted by Gasteiger charge is -2.18. The summed E-state index contributed by atoms with van der Waals surface area (Å²) in [6.07, 6.45) is 3.34.